The van der Waals surface area contributed by atoms with Crippen molar-refractivity contribution >= 4 is 32.9 Å². The van der Waals surface area contributed by atoms with E-state index in [0.717, 1.165) is 22.6 Å². The van der Waals surface area contributed by atoms with Crippen LogP contribution in [0.3, 0.4) is 0 Å². The van der Waals surface area contributed by atoms with E-state index in [9.17, 15) is 4.79 Å². The largest absolute Gasteiger partial charge is 0.308 e. The third-order valence-electron chi connectivity index (χ3n) is 4.01. The van der Waals surface area contributed by atoms with E-state index in [-0.39, 0.29) is 5.56 Å². The van der Waals surface area contributed by atoms with Crippen LogP contribution >= 0.6 is 22.7 Å². The van der Waals surface area contributed by atoms with E-state index in [4.69, 9.17) is 0 Å². The summed E-state index contributed by atoms with van der Waals surface area (Å²) in [6, 6.07) is 4.57. The molecule has 3 aromatic heterocycles. The van der Waals surface area contributed by atoms with Gasteiger partial charge in [0.15, 0.2) is 0 Å². The highest BCUT2D eigenvalue weighted by atomic mass is 32.1. The van der Waals surface area contributed by atoms with Crippen molar-refractivity contribution in [2.45, 2.75) is 25.4 Å². The van der Waals surface area contributed by atoms with Gasteiger partial charge in [0.2, 0.25) is 0 Å². The highest BCUT2D eigenvalue weighted by Gasteiger charge is 2.26. The van der Waals surface area contributed by atoms with Crippen molar-refractivity contribution in [3.8, 4) is 0 Å². The van der Waals surface area contributed by atoms with Gasteiger partial charge in [0.1, 0.15) is 10.5 Å². The molecule has 0 spiro atoms. The van der Waals surface area contributed by atoms with Crippen LogP contribution in [0.5, 0.6) is 0 Å². The van der Waals surface area contributed by atoms with Crippen molar-refractivity contribution in [1.29, 1.82) is 0 Å². The number of hydrogen-bond acceptors (Lipinski definition) is 5. The molecular weight excluding hydrogens is 302 g/mol. The molecule has 4 nitrogen and oxygen atoms in total. The van der Waals surface area contributed by atoms with Crippen LogP contribution in [0.2, 0.25) is 0 Å². The lowest BCUT2D eigenvalue weighted by Crippen LogP contribution is -2.25. The fraction of sp³-hybridized carbons (Fsp3) is 0.333. The molecule has 1 atom stereocenters. The van der Waals surface area contributed by atoms with E-state index in [1.165, 1.54) is 29.7 Å². The Hall–Kier alpha value is -1.50. The molecule has 1 aliphatic heterocycles. The Labute approximate surface area is 130 Å². The Morgan fingerprint density at radius 3 is 3.19 bits per heavy atom. The molecule has 4 rings (SSSR count). The normalized spacial score (nSPS) is 19.5. The number of H-pyrrole nitrogens is 1. The summed E-state index contributed by atoms with van der Waals surface area (Å²) < 4.78 is 0.717. The van der Waals surface area contributed by atoms with E-state index in [1.807, 2.05) is 11.4 Å². The van der Waals surface area contributed by atoms with Crippen LogP contribution in [0, 0.1) is 0 Å². The van der Waals surface area contributed by atoms with Crippen molar-refractivity contribution in [3.63, 3.8) is 0 Å². The summed E-state index contributed by atoms with van der Waals surface area (Å²) in [4.78, 5) is 22.0. The number of nitrogens with one attached hydrogen (secondary N) is 1. The number of aromatic amines is 1. The van der Waals surface area contributed by atoms with E-state index >= 15 is 0 Å². The minimum atomic E-state index is -0.0173. The number of hydrogen-bond donors (Lipinski definition) is 1. The number of rotatable bonds is 3. The standard InChI is InChI=1S/C15H15N3OS2/c19-15-14-11(4-7-21-14)16-13(17-15)8-18-5-1-2-12(18)10-3-6-20-9-10/h3-4,6-7,9,12H,1-2,5,8H2,(H,16,17,19)/t12-/m0/s1. The topological polar surface area (TPSA) is 49.0 Å². The van der Waals surface area contributed by atoms with Crippen LogP contribution in [0.15, 0.2) is 33.1 Å². The maximum absolute atomic E-state index is 12.0. The average molecular weight is 317 g/mol. The summed E-state index contributed by atoms with van der Waals surface area (Å²) in [7, 11) is 0. The number of fused-ring (bicyclic) bond motifs is 1. The predicted molar refractivity (Wildman–Crippen MR) is 86.9 cm³/mol. The van der Waals surface area contributed by atoms with Gasteiger partial charge >= 0.3 is 0 Å². The van der Waals surface area contributed by atoms with Crippen LogP contribution in [-0.2, 0) is 6.54 Å². The maximum Gasteiger partial charge on any atom is 0.268 e. The van der Waals surface area contributed by atoms with Gasteiger partial charge in [-0.2, -0.15) is 11.3 Å². The van der Waals surface area contributed by atoms with Crippen LogP contribution in [0.1, 0.15) is 30.3 Å². The van der Waals surface area contributed by atoms with E-state index in [2.05, 4.69) is 31.7 Å². The van der Waals surface area contributed by atoms with Gasteiger partial charge in [0.05, 0.1) is 12.1 Å². The molecule has 108 valence electrons. The average Bonchev–Trinajstić information content (AvgIpc) is 3.19. The first-order chi connectivity index (χ1) is 10.3. The molecule has 0 unspecified atom stereocenters. The fourth-order valence-electron chi connectivity index (χ4n) is 3.05. The first-order valence-corrected chi connectivity index (χ1v) is 8.86. The molecule has 0 amide bonds. The van der Waals surface area contributed by atoms with Crippen molar-refractivity contribution in [3.05, 3.63) is 50.0 Å². The zero-order valence-electron chi connectivity index (χ0n) is 11.4. The summed E-state index contributed by atoms with van der Waals surface area (Å²) >= 11 is 3.19. The minimum Gasteiger partial charge on any atom is -0.308 e. The molecule has 1 saturated heterocycles. The lowest BCUT2D eigenvalue weighted by Gasteiger charge is -2.23. The van der Waals surface area contributed by atoms with Crippen molar-refractivity contribution < 1.29 is 0 Å². The van der Waals surface area contributed by atoms with Gasteiger partial charge in [-0.15, -0.1) is 11.3 Å². The van der Waals surface area contributed by atoms with E-state index in [0.29, 0.717) is 12.6 Å². The van der Waals surface area contributed by atoms with Crippen molar-refractivity contribution in [1.82, 2.24) is 14.9 Å². The Kier molecular flexibility index (Phi) is 3.37. The number of thiophene rings is 2. The molecule has 6 heteroatoms. The maximum atomic E-state index is 12.0. The second-order valence-electron chi connectivity index (χ2n) is 5.33. The Bertz CT molecular complexity index is 806. The molecule has 0 radical (unpaired) electrons. The highest BCUT2D eigenvalue weighted by Crippen LogP contribution is 2.33. The van der Waals surface area contributed by atoms with Crippen LogP contribution in [-0.4, -0.2) is 21.4 Å². The van der Waals surface area contributed by atoms with Gasteiger partial charge in [-0.3, -0.25) is 9.69 Å². The Morgan fingerprint density at radius 2 is 2.33 bits per heavy atom. The summed E-state index contributed by atoms with van der Waals surface area (Å²) in [5.74, 6) is 0.771. The SMILES string of the molecule is O=c1[nH]c(CN2CCC[C@H]2c2ccsc2)nc2ccsc12. The van der Waals surface area contributed by atoms with Gasteiger partial charge < -0.3 is 4.98 Å². The first kappa shape index (κ1) is 13.2. The van der Waals surface area contributed by atoms with Gasteiger partial charge in [-0.05, 0) is 53.2 Å². The highest BCUT2D eigenvalue weighted by molar-refractivity contribution is 7.17. The van der Waals surface area contributed by atoms with Crippen LogP contribution in [0.25, 0.3) is 10.2 Å². The molecule has 0 aromatic carbocycles. The molecule has 0 bridgehead atoms. The zero-order valence-corrected chi connectivity index (χ0v) is 13.0. The molecule has 4 heterocycles. The molecule has 0 aliphatic carbocycles. The van der Waals surface area contributed by atoms with Gasteiger partial charge in [0, 0.05) is 6.04 Å². The monoisotopic (exact) mass is 317 g/mol. The smallest absolute Gasteiger partial charge is 0.268 e. The Morgan fingerprint density at radius 1 is 1.38 bits per heavy atom. The lowest BCUT2D eigenvalue weighted by atomic mass is 10.1. The molecule has 3 aromatic rings. The third kappa shape index (κ3) is 2.43. The lowest BCUT2D eigenvalue weighted by molar-refractivity contribution is 0.243. The van der Waals surface area contributed by atoms with Gasteiger partial charge in [0.25, 0.3) is 5.56 Å². The molecule has 0 saturated carbocycles. The van der Waals surface area contributed by atoms with Crippen molar-refractivity contribution in [2.75, 3.05) is 6.54 Å². The molecular formula is C15H15N3OS2. The van der Waals surface area contributed by atoms with Crippen molar-refractivity contribution in [2.24, 2.45) is 0 Å². The van der Waals surface area contributed by atoms with Crippen LogP contribution < -0.4 is 5.56 Å². The molecule has 21 heavy (non-hydrogen) atoms. The van der Waals surface area contributed by atoms with Gasteiger partial charge in [-0.1, -0.05) is 0 Å². The second kappa shape index (κ2) is 5.36. The quantitative estimate of drug-likeness (QED) is 0.805. The molecule has 1 fully saturated rings. The number of aromatic nitrogens is 2. The third-order valence-corrected chi connectivity index (χ3v) is 5.61. The molecule has 1 aliphatic rings. The molecule has 1 N–H and O–H groups in total. The summed E-state index contributed by atoms with van der Waals surface area (Å²) in [5, 5.41) is 6.27. The van der Waals surface area contributed by atoms with Crippen LogP contribution in [0.4, 0.5) is 0 Å². The minimum absolute atomic E-state index is 0.0173. The summed E-state index contributed by atoms with van der Waals surface area (Å²) in [5.41, 5.74) is 2.18. The Balaban J connectivity index is 1.63. The summed E-state index contributed by atoms with van der Waals surface area (Å²) in [6.45, 7) is 1.77. The first-order valence-electron chi connectivity index (χ1n) is 7.04. The second-order valence-corrected chi connectivity index (χ2v) is 7.03. The van der Waals surface area contributed by atoms with E-state index < -0.39 is 0 Å². The zero-order chi connectivity index (χ0) is 14.2. The van der Waals surface area contributed by atoms with E-state index in [1.54, 1.807) is 11.3 Å². The predicted octanol–water partition coefficient (Wildman–Crippen LogP) is 3.38. The fourth-order valence-corrected chi connectivity index (χ4v) is 4.48. The summed E-state index contributed by atoms with van der Waals surface area (Å²) in [6.07, 6.45) is 2.38. The number of nitrogens with zero attached hydrogens (tertiary/aromatic N) is 2. The van der Waals surface area contributed by atoms with Gasteiger partial charge in [-0.25, -0.2) is 4.98 Å². The number of likely N-dealkylation sites (tertiary alicyclic amines) is 1.